The summed E-state index contributed by atoms with van der Waals surface area (Å²) in [4.78, 5) is 16.2. The summed E-state index contributed by atoms with van der Waals surface area (Å²) in [5, 5.41) is 5.13. The van der Waals surface area contributed by atoms with Crippen molar-refractivity contribution in [2.45, 2.75) is 53.0 Å². The summed E-state index contributed by atoms with van der Waals surface area (Å²) in [7, 11) is 0.438. The van der Waals surface area contributed by atoms with Crippen LogP contribution in [0.5, 0.6) is 0 Å². The van der Waals surface area contributed by atoms with Crippen molar-refractivity contribution in [3.05, 3.63) is 197 Å². The number of methoxy groups -OCH3 is 1. The average Bonchev–Trinajstić information content (AvgIpc) is 3.64. The smallest absolute Gasteiger partial charge is 0.416 e. The molecule has 57 heavy (non-hydrogen) atoms. The first-order chi connectivity index (χ1) is 27.9. The topological polar surface area (TPSA) is 32.8 Å². The number of esters is 1. The van der Waals surface area contributed by atoms with Gasteiger partial charge in [-0.3, -0.25) is 4.79 Å². The second-order valence-electron chi connectivity index (χ2n) is 16.0. The Labute approximate surface area is 339 Å². The van der Waals surface area contributed by atoms with E-state index in [0.29, 0.717) is 12.8 Å². The maximum atomic E-state index is 13.5. The van der Waals surface area contributed by atoms with Crippen LogP contribution in [0.2, 0.25) is 0 Å². The van der Waals surface area contributed by atoms with E-state index in [1.54, 1.807) is 0 Å². The molecular weight excluding hydrogens is 714 g/mol. The highest BCUT2D eigenvalue weighted by Crippen LogP contribution is 2.52. The molecule has 9 rings (SSSR count). The number of hydrogen-bond acceptors (Lipinski definition) is 4. The van der Waals surface area contributed by atoms with Gasteiger partial charge in [-0.1, -0.05) is 146 Å². The number of hydrogen-bond donors (Lipinski definition) is 0. The molecule has 1 atom stereocenters. The number of ether oxygens (including phenoxy) is 1. The minimum Gasteiger partial charge on any atom is -0.469 e. The number of carbonyl (C=O) groups is 1. The Morgan fingerprint density at radius 3 is 1.75 bits per heavy atom. The van der Waals surface area contributed by atoms with E-state index < -0.39 is 13.5 Å². The van der Waals surface area contributed by atoms with Crippen LogP contribution in [0.25, 0.3) is 10.8 Å². The lowest BCUT2D eigenvalue weighted by Gasteiger charge is -2.49. The normalized spacial score (nSPS) is 16.0. The number of rotatable bonds is 10. The van der Waals surface area contributed by atoms with Crippen LogP contribution in [0, 0.1) is 19.3 Å². The second kappa shape index (κ2) is 15.4. The van der Waals surface area contributed by atoms with Gasteiger partial charge in [-0.2, -0.15) is 0 Å². The second-order valence-corrected chi connectivity index (χ2v) is 18.0. The maximum absolute atomic E-state index is 13.5. The van der Waals surface area contributed by atoms with Gasteiger partial charge >= 0.3 is 13.0 Å². The van der Waals surface area contributed by atoms with Gasteiger partial charge in [0.1, 0.15) is 0 Å². The van der Waals surface area contributed by atoms with E-state index >= 15 is 0 Å². The molecule has 0 fully saturated rings. The van der Waals surface area contributed by atoms with E-state index in [9.17, 15) is 4.79 Å². The van der Waals surface area contributed by atoms with E-state index in [1.807, 2.05) is 0 Å². The van der Waals surface area contributed by atoms with Crippen molar-refractivity contribution in [2.24, 2.45) is 5.41 Å². The first-order valence-electron chi connectivity index (χ1n) is 20.1. The van der Waals surface area contributed by atoms with Gasteiger partial charge in [0.25, 0.3) is 0 Å². The summed E-state index contributed by atoms with van der Waals surface area (Å²) in [5.41, 5.74) is 12.5. The number of aryl methyl sites for hydroxylation is 1. The fraction of sp³-hybridized carbons (Fsp3) is 0.196. The highest BCUT2D eigenvalue weighted by Gasteiger charge is 2.49. The zero-order chi connectivity index (χ0) is 39.1. The Kier molecular flexibility index (Phi) is 9.97. The van der Waals surface area contributed by atoms with Crippen LogP contribution >= 0.6 is 8.07 Å². The van der Waals surface area contributed by atoms with E-state index in [1.165, 1.54) is 84.3 Å². The summed E-state index contributed by atoms with van der Waals surface area (Å²) in [6.45, 7) is 7.32. The lowest BCUT2D eigenvalue weighted by molar-refractivity contribution is -0.151. The van der Waals surface area contributed by atoms with E-state index in [4.69, 9.17) is 4.74 Å². The van der Waals surface area contributed by atoms with Crippen molar-refractivity contribution >= 4 is 59.2 Å². The molecule has 0 radical (unpaired) electrons. The maximum Gasteiger partial charge on any atom is 0.416 e. The summed E-state index contributed by atoms with van der Waals surface area (Å²) in [6, 6.07) is 57.8. The number of carbonyl (C=O) groups excluding carboxylic acids is 1. The van der Waals surface area contributed by atoms with Crippen LogP contribution in [0.1, 0.15) is 45.9 Å². The Hall–Kier alpha value is -5.64. The molecular formula is C51H48BN2O2P. The largest absolute Gasteiger partial charge is 0.469 e. The number of fused-ring (bicyclic) bond motifs is 1. The third kappa shape index (κ3) is 6.62. The van der Waals surface area contributed by atoms with Crippen molar-refractivity contribution in [1.82, 2.24) is 0 Å². The summed E-state index contributed by atoms with van der Waals surface area (Å²) in [6.07, 6.45) is 3.16. The molecule has 6 heteroatoms. The third-order valence-corrected chi connectivity index (χ3v) is 14.8. The number of anilines is 2. The molecule has 1 heterocycles. The molecule has 1 unspecified atom stereocenters. The van der Waals surface area contributed by atoms with Gasteiger partial charge in [0.05, 0.1) is 12.5 Å². The number of benzene rings is 7. The molecule has 0 bridgehead atoms. The van der Waals surface area contributed by atoms with Gasteiger partial charge in [-0.15, -0.1) is 0 Å². The zero-order valence-electron chi connectivity index (χ0n) is 33.3. The van der Waals surface area contributed by atoms with Gasteiger partial charge in [-0.25, -0.2) is 0 Å². The standard InChI is InChI=1S/C51H48BN2O2P/c1-36-43(32-31-38-19-9-5-10-20-38)49(37(2)45-34-51(3,33-44(36)45)50(55)56-4)52-53(35-39-21-11-6-12-22-39)46-29-17-23-40-24-18-30-47(48(40)46)54(52)57(41-25-13-7-14-26-41)42-27-15-8-16-28-42/h5-30H,31-35H2,1-4H3. The van der Waals surface area contributed by atoms with Crippen LogP contribution in [0.4, 0.5) is 11.4 Å². The summed E-state index contributed by atoms with van der Waals surface area (Å²) in [5.74, 6) is -0.132. The van der Waals surface area contributed by atoms with E-state index in [0.717, 1.165) is 19.4 Å². The molecule has 1 aliphatic carbocycles. The summed E-state index contributed by atoms with van der Waals surface area (Å²) < 4.78 is 8.28. The van der Waals surface area contributed by atoms with Crippen LogP contribution < -0.4 is 25.5 Å². The van der Waals surface area contributed by atoms with Gasteiger partial charge in [0, 0.05) is 31.4 Å². The van der Waals surface area contributed by atoms with Gasteiger partial charge < -0.3 is 14.1 Å². The highest BCUT2D eigenvalue weighted by atomic mass is 31.1. The summed E-state index contributed by atoms with van der Waals surface area (Å²) >= 11 is 0. The minimum absolute atomic E-state index is 0.132. The van der Waals surface area contributed by atoms with Gasteiger partial charge in [0.15, 0.2) is 0 Å². The third-order valence-electron chi connectivity index (χ3n) is 12.4. The van der Waals surface area contributed by atoms with Crippen LogP contribution in [-0.4, -0.2) is 20.1 Å². The van der Waals surface area contributed by atoms with Gasteiger partial charge in [-0.05, 0) is 119 Å². The van der Waals surface area contributed by atoms with Crippen molar-refractivity contribution in [3.63, 3.8) is 0 Å². The lowest BCUT2D eigenvalue weighted by atomic mass is 9.58. The Morgan fingerprint density at radius 2 is 1.18 bits per heavy atom. The van der Waals surface area contributed by atoms with Crippen molar-refractivity contribution < 1.29 is 9.53 Å². The van der Waals surface area contributed by atoms with Gasteiger partial charge in [0.2, 0.25) is 0 Å². The molecule has 7 aromatic rings. The molecule has 0 N–H and O–H groups in total. The van der Waals surface area contributed by atoms with Crippen LogP contribution in [-0.2, 0) is 41.8 Å². The molecule has 0 spiro atoms. The predicted molar refractivity (Wildman–Crippen MR) is 241 cm³/mol. The Bertz CT molecular complexity index is 2520. The highest BCUT2D eigenvalue weighted by molar-refractivity contribution is 7.76. The van der Waals surface area contributed by atoms with Crippen molar-refractivity contribution in [3.8, 4) is 0 Å². The molecule has 2 aliphatic rings. The van der Waals surface area contributed by atoms with Crippen LogP contribution in [0.15, 0.2) is 158 Å². The molecule has 7 aromatic carbocycles. The van der Waals surface area contributed by atoms with Crippen molar-refractivity contribution in [2.75, 3.05) is 16.5 Å². The SMILES string of the molecule is COC(=O)C1(C)Cc2c(C)c(CCc3ccccc3)c(B3N(Cc4ccccc4)c4cccc5cccc(c45)N3P(c3ccccc3)c3ccccc3)c(C)c2C1. The first kappa shape index (κ1) is 37.0. The number of nitrogens with zero attached hydrogens (tertiary/aromatic N) is 2. The van der Waals surface area contributed by atoms with E-state index in [2.05, 4.69) is 188 Å². The first-order valence-corrected chi connectivity index (χ1v) is 21.4. The zero-order valence-corrected chi connectivity index (χ0v) is 34.2. The lowest BCUT2D eigenvalue weighted by Crippen LogP contribution is -2.63. The fourth-order valence-electron chi connectivity index (χ4n) is 9.63. The van der Waals surface area contributed by atoms with E-state index in [-0.39, 0.29) is 13.0 Å². The van der Waals surface area contributed by atoms with Crippen LogP contribution in [0.3, 0.4) is 0 Å². The molecule has 0 aromatic heterocycles. The monoisotopic (exact) mass is 762 g/mol. The molecule has 282 valence electrons. The average molecular weight is 763 g/mol. The molecule has 4 nitrogen and oxygen atoms in total. The molecule has 0 amide bonds. The molecule has 0 saturated heterocycles. The molecule has 1 aliphatic heterocycles. The molecule has 0 saturated carbocycles. The Morgan fingerprint density at radius 1 is 0.649 bits per heavy atom. The predicted octanol–water partition coefficient (Wildman–Crippen LogP) is 9.79. The minimum atomic E-state index is -1.09. The Balaban J connectivity index is 1.37. The fourth-order valence-corrected chi connectivity index (χ4v) is 12.2. The van der Waals surface area contributed by atoms with Crippen molar-refractivity contribution in [1.29, 1.82) is 0 Å². The quantitative estimate of drug-likeness (QED) is 0.0790.